The van der Waals surface area contributed by atoms with Gasteiger partial charge in [-0.25, -0.2) is 0 Å². The third kappa shape index (κ3) is 5.51. The van der Waals surface area contributed by atoms with Gasteiger partial charge in [-0.3, -0.25) is 14.4 Å². The van der Waals surface area contributed by atoms with Gasteiger partial charge in [0.05, 0.1) is 12.8 Å². The van der Waals surface area contributed by atoms with Crippen LogP contribution in [0.1, 0.15) is 18.9 Å². The van der Waals surface area contributed by atoms with Gasteiger partial charge in [0.15, 0.2) is 0 Å². The average Bonchev–Trinajstić information content (AvgIpc) is 2.37. The summed E-state index contributed by atoms with van der Waals surface area (Å²) in [6.45, 7) is 1.62. The predicted molar refractivity (Wildman–Crippen MR) is 74.3 cm³/mol. The maximum absolute atomic E-state index is 11.9. The first kappa shape index (κ1) is 15.7. The number of hydrogen-bond acceptors (Lipinski definition) is 3. The Balaban J connectivity index is 2.53. The number of carbonyl (C=O) groups excluding carboxylic acids is 2. The molecule has 0 atom stereocenters. The molecule has 0 heterocycles. The number of likely N-dealkylation sites (N-methyl/N-ethyl adjacent to an activating group) is 1. The summed E-state index contributed by atoms with van der Waals surface area (Å²) in [6, 6.07) is 6.96. The van der Waals surface area contributed by atoms with E-state index in [1.807, 2.05) is 0 Å². The monoisotopic (exact) mass is 278 g/mol. The molecule has 20 heavy (non-hydrogen) atoms. The van der Waals surface area contributed by atoms with Crippen molar-refractivity contribution in [1.29, 1.82) is 0 Å². The molecule has 6 nitrogen and oxygen atoms in total. The Kier molecular flexibility index (Phi) is 5.71. The van der Waals surface area contributed by atoms with Crippen LogP contribution in [0.5, 0.6) is 0 Å². The van der Waals surface area contributed by atoms with Gasteiger partial charge in [-0.1, -0.05) is 12.1 Å². The van der Waals surface area contributed by atoms with Gasteiger partial charge >= 0.3 is 5.97 Å². The molecular weight excluding hydrogens is 260 g/mol. The molecule has 0 saturated carbocycles. The highest BCUT2D eigenvalue weighted by atomic mass is 16.4. The van der Waals surface area contributed by atoms with Crippen LogP contribution < -0.4 is 5.32 Å². The Morgan fingerprint density at radius 3 is 2.30 bits per heavy atom. The van der Waals surface area contributed by atoms with E-state index < -0.39 is 5.97 Å². The van der Waals surface area contributed by atoms with Crippen molar-refractivity contribution < 1.29 is 19.5 Å². The number of carboxylic acid groups (broad SMARTS) is 1. The second kappa shape index (κ2) is 7.28. The Morgan fingerprint density at radius 1 is 1.20 bits per heavy atom. The first-order valence-corrected chi connectivity index (χ1v) is 6.21. The summed E-state index contributed by atoms with van der Waals surface area (Å²) in [5.41, 5.74) is 1.49. The molecule has 0 aliphatic heterocycles. The Labute approximate surface area is 117 Å². The summed E-state index contributed by atoms with van der Waals surface area (Å²) in [6.07, 6.45) is 0.139. The minimum atomic E-state index is -0.927. The lowest BCUT2D eigenvalue weighted by molar-refractivity contribution is -0.138. The molecule has 0 unspecified atom stereocenters. The quantitative estimate of drug-likeness (QED) is 0.816. The normalized spacial score (nSPS) is 9.90. The molecule has 0 fully saturated rings. The fourth-order valence-corrected chi connectivity index (χ4v) is 1.61. The highest BCUT2D eigenvalue weighted by molar-refractivity contribution is 5.88. The number of rotatable bonds is 6. The van der Waals surface area contributed by atoms with Gasteiger partial charge in [-0.2, -0.15) is 0 Å². The molecule has 108 valence electrons. The van der Waals surface area contributed by atoms with Crippen molar-refractivity contribution in [2.24, 2.45) is 0 Å². The zero-order valence-electron chi connectivity index (χ0n) is 11.5. The maximum atomic E-state index is 11.9. The number of benzene rings is 1. The van der Waals surface area contributed by atoms with E-state index in [4.69, 9.17) is 5.11 Å². The van der Waals surface area contributed by atoms with Crippen LogP contribution in [0.3, 0.4) is 0 Å². The predicted octanol–water partition coefficient (Wildman–Crippen LogP) is 1.12. The van der Waals surface area contributed by atoms with Crippen LogP contribution in [-0.4, -0.2) is 41.4 Å². The van der Waals surface area contributed by atoms with Crippen LogP contribution in [0.25, 0.3) is 0 Å². The summed E-state index contributed by atoms with van der Waals surface area (Å²) in [5, 5.41) is 11.2. The molecule has 0 aromatic heterocycles. The summed E-state index contributed by atoms with van der Waals surface area (Å²) >= 11 is 0. The van der Waals surface area contributed by atoms with E-state index in [1.54, 1.807) is 31.3 Å². The molecule has 0 aliphatic rings. The second-order valence-corrected chi connectivity index (χ2v) is 4.51. The molecule has 0 saturated heterocycles. The Bertz CT molecular complexity index is 496. The van der Waals surface area contributed by atoms with Crippen LogP contribution in [0.15, 0.2) is 24.3 Å². The van der Waals surface area contributed by atoms with Crippen molar-refractivity contribution in [3.05, 3.63) is 29.8 Å². The van der Waals surface area contributed by atoms with Crippen molar-refractivity contribution in [2.45, 2.75) is 19.8 Å². The van der Waals surface area contributed by atoms with Crippen molar-refractivity contribution in [2.75, 3.05) is 18.9 Å². The van der Waals surface area contributed by atoms with Crippen LogP contribution >= 0.6 is 0 Å². The van der Waals surface area contributed by atoms with Gasteiger partial charge in [0.1, 0.15) is 0 Å². The van der Waals surface area contributed by atoms with Gasteiger partial charge < -0.3 is 15.3 Å². The van der Waals surface area contributed by atoms with E-state index in [-0.39, 0.29) is 31.2 Å². The van der Waals surface area contributed by atoms with Gasteiger partial charge in [0, 0.05) is 26.2 Å². The number of amides is 2. The molecule has 6 heteroatoms. The smallest absolute Gasteiger partial charge is 0.305 e. The molecule has 2 N–H and O–H groups in total. The number of carboxylic acids is 1. The van der Waals surface area contributed by atoms with Crippen LogP contribution in [0.4, 0.5) is 5.69 Å². The third-order valence-corrected chi connectivity index (χ3v) is 2.72. The lowest BCUT2D eigenvalue weighted by Crippen LogP contribution is -2.30. The molecule has 2 amide bonds. The second-order valence-electron chi connectivity index (χ2n) is 4.51. The molecule has 1 rings (SSSR count). The largest absolute Gasteiger partial charge is 0.481 e. The Hall–Kier alpha value is -2.37. The van der Waals surface area contributed by atoms with E-state index in [0.29, 0.717) is 5.69 Å². The first-order valence-electron chi connectivity index (χ1n) is 6.21. The average molecular weight is 278 g/mol. The third-order valence-electron chi connectivity index (χ3n) is 2.72. The maximum Gasteiger partial charge on any atom is 0.305 e. The van der Waals surface area contributed by atoms with Crippen molar-refractivity contribution in [3.63, 3.8) is 0 Å². The van der Waals surface area contributed by atoms with E-state index in [2.05, 4.69) is 5.32 Å². The lowest BCUT2D eigenvalue weighted by atomic mass is 10.1. The van der Waals surface area contributed by atoms with Gasteiger partial charge in [0.2, 0.25) is 11.8 Å². The number of nitrogens with one attached hydrogen (secondary N) is 1. The van der Waals surface area contributed by atoms with Crippen LogP contribution in [0, 0.1) is 0 Å². The highest BCUT2D eigenvalue weighted by Gasteiger charge is 2.11. The molecule has 0 aliphatic carbocycles. The number of anilines is 1. The minimum Gasteiger partial charge on any atom is -0.481 e. The summed E-state index contributed by atoms with van der Waals surface area (Å²) < 4.78 is 0. The van der Waals surface area contributed by atoms with Gasteiger partial charge in [-0.15, -0.1) is 0 Å². The van der Waals surface area contributed by atoms with Crippen molar-refractivity contribution in [3.8, 4) is 0 Å². The SMILES string of the molecule is CC(=O)Nc1ccc(CC(=O)N(C)CCC(=O)O)cc1. The number of carbonyl (C=O) groups is 3. The minimum absolute atomic E-state index is 0.0658. The van der Waals surface area contributed by atoms with E-state index in [0.717, 1.165) is 5.56 Å². The van der Waals surface area contributed by atoms with E-state index >= 15 is 0 Å². The first-order chi connectivity index (χ1) is 9.38. The molecule has 1 aromatic rings. The number of aliphatic carboxylic acids is 1. The van der Waals surface area contributed by atoms with Crippen molar-refractivity contribution in [1.82, 2.24) is 4.90 Å². The topological polar surface area (TPSA) is 86.7 Å². The zero-order valence-corrected chi connectivity index (χ0v) is 11.5. The fraction of sp³-hybridized carbons (Fsp3) is 0.357. The number of hydrogen-bond donors (Lipinski definition) is 2. The van der Waals surface area contributed by atoms with E-state index in [9.17, 15) is 14.4 Å². The molecule has 0 radical (unpaired) electrons. The summed E-state index contributed by atoms with van der Waals surface area (Å²) in [5.74, 6) is -1.22. The number of nitrogens with zero attached hydrogens (tertiary/aromatic N) is 1. The van der Waals surface area contributed by atoms with Gasteiger partial charge in [-0.05, 0) is 17.7 Å². The molecule has 0 spiro atoms. The molecule has 1 aromatic carbocycles. The zero-order chi connectivity index (χ0) is 15.1. The highest BCUT2D eigenvalue weighted by Crippen LogP contribution is 2.10. The van der Waals surface area contributed by atoms with Crippen LogP contribution in [-0.2, 0) is 20.8 Å². The van der Waals surface area contributed by atoms with Crippen LogP contribution in [0.2, 0.25) is 0 Å². The fourth-order valence-electron chi connectivity index (χ4n) is 1.61. The lowest BCUT2D eigenvalue weighted by Gasteiger charge is -2.16. The Morgan fingerprint density at radius 2 is 1.80 bits per heavy atom. The van der Waals surface area contributed by atoms with Crippen molar-refractivity contribution >= 4 is 23.5 Å². The molecular formula is C14H18N2O4. The van der Waals surface area contributed by atoms with Gasteiger partial charge in [0.25, 0.3) is 0 Å². The van der Waals surface area contributed by atoms with E-state index in [1.165, 1.54) is 11.8 Å². The summed E-state index contributed by atoms with van der Waals surface area (Å²) in [4.78, 5) is 34.6. The summed E-state index contributed by atoms with van der Waals surface area (Å²) in [7, 11) is 1.58. The standard InChI is InChI=1S/C14H18N2O4/c1-10(17)15-12-5-3-11(4-6-12)9-13(18)16(2)8-7-14(19)20/h3-6H,7-9H2,1-2H3,(H,15,17)(H,19,20). The molecule has 0 bridgehead atoms.